The van der Waals surface area contributed by atoms with Crippen LogP contribution in [-0.2, 0) is 12.6 Å². The maximum Gasteiger partial charge on any atom is 0.416 e. The van der Waals surface area contributed by atoms with E-state index in [1.54, 1.807) is 6.07 Å². The molecular weight excluding hydrogens is 225 g/mol. The summed E-state index contributed by atoms with van der Waals surface area (Å²) in [6.45, 7) is 1.86. The smallest absolute Gasteiger partial charge is 0.166 e. The van der Waals surface area contributed by atoms with Gasteiger partial charge in [-0.1, -0.05) is 25.1 Å². The molecule has 1 aromatic carbocycles. The molecule has 0 saturated heterocycles. The Morgan fingerprint density at radius 3 is 2.40 bits per heavy atom. The summed E-state index contributed by atoms with van der Waals surface area (Å²) in [5, 5.41) is -0.242. The highest BCUT2D eigenvalue weighted by Gasteiger charge is 2.32. The summed E-state index contributed by atoms with van der Waals surface area (Å²) >= 11 is 5.85. The van der Waals surface area contributed by atoms with Crippen molar-refractivity contribution in [1.82, 2.24) is 0 Å². The number of hydrogen-bond donors (Lipinski definition) is 0. The molecule has 0 aliphatic carbocycles. The van der Waals surface area contributed by atoms with Crippen molar-refractivity contribution < 1.29 is 13.2 Å². The van der Waals surface area contributed by atoms with Crippen LogP contribution in [0.5, 0.6) is 0 Å². The van der Waals surface area contributed by atoms with Gasteiger partial charge in [0.2, 0.25) is 0 Å². The number of alkyl halides is 4. The first-order chi connectivity index (χ1) is 6.95. The van der Waals surface area contributed by atoms with Gasteiger partial charge in [-0.2, -0.15) is 13.2 Å². The van der Waals surface area contributed by atoms with Crippen LogP contribution < -0.4 is 0 Å². The maximum absolute atomic E-state index is 12.6. The van der Waals surface area contributed by atoms with Crippen LogP contribution in [0.3, 0.4) is 0 Å². The fourth-order valence-corrected chi connectivity index (χ4v) is 1.52. The molecule has 0 N–H and O–H groups in total. The molecule has 0 nitrogen and oxygen atoms in total. The normalized spacial score (nSPS) is 13.9. The lowest BCUT2D eigenvalue weighted by molar-refractivity contribution is -0.138. The summed E-state index contributed by atoms with van der Waals surface area (Å²) in [4.78, 5) is 0. The topological polar surface area (TPSA) is 0 Å². The number of halogens is 4. The van der Waals surface area contributed by atoms with Crippen LogP contribution in [0, 0.1) is 0 Å². The van der Waals surface area contributed by atoms with Crippen molar-refractivity contribution in [2.75, 3.05) is 0 Å². The minimum Gasteiger partial charge on any atom is -0.166 e. The van der Waals surface area contributed by atoms with Crippen molar-refractivity contribution in [3.05, 3.63) is 35.4 Å². The quantitative estimate of drug-likeness (QED) is 0.688. The molecular formula is C11H12ClF3. The summed E-state index contributed by atoms with van der Waals surface area (Å²) < 4.78 is 37.7. The molecule has 0 amide bonds. The van der Waals surface area contributed by atoms with Gasteiger partial charge in [-0.25, -0.2) is 0 Å². The molecule has 1 atom stereocenters. The van der Waals surface area contributed by atoms with E-state index in [2.05, 4.69) is 0 Å². The molecule has 1 unspecified atom stereocenters. The zero-order valence-electron chi connectivity index (χ0n) is 8.31. The summed E-state index contributed by atoms with van der Waals surface area (Å²) in [5.41, 5.74) is -0.309. The summed E-state index contributed by atoms with van der Waals surface area (Å²) in [7, 11) is 0. The van der Waals surface area contributed by atoms with Crippen LogP contribution in [0.2, 0.25) is 0 Å². The lowest BCUT2D eigenvalue weighted by Crippen LogP contribution is -2.12. The first-order valence-corrected chi connectivity index (χ1v) is 5.18. The summed E-state index contributed by atoms with van der Waals surface area (Å²) in [6, 6.07) is 5.56. The van der Waals surface area contributed by atoms with Crippen LogP contribution in [0.1, 0.15) is 24.5 Å². The van der Waals surface area contributed by atoms with Gasteiger partial charge in [-0.15, -0.1) is 11.6 Å². The zero-order valence-corrected chi connectivity index (χ0v) is 9.07. The second-order valence-corrected chi connectivity index (χ2v) is 3.98. The SMILES string of the molecule is CCC(Cl)Cc1ccccc1C(F)(F)F. The van der Waals surface area contributed by atoms with E-state index >= 15 is 0 Å². The Morgan fingerprint density at radius 2 is 1.87 bits per heavy atom. The zero-order chi connectivity index (χ0) is 11.5. The Morgan fingerprint density at radius 1 is 1.27 bits per heavy atom. The summed E-state index contributed by atoms with van der Waals surface area (Å²) in [6.07, 6.45) is -3.37. The lowest BCUT2D eigenvalue weighted by Gasteiger charge is -2.14. The van der Waals surface area contributed by atoms with Gasteiger partial charge < -0.3 is 0 Å². The van der Waals surface area contributed by atoms with Gasteiger partial charge in [0.1, 0.15) is 0 Å². The van der Waals surface area contributed by atoms with Gasteiger partial charge in [0.15, 0.2) is 0 Å². The van der Waals surface area contributed by atoms with E-state index in [0.717, 1.165) is 6.07 Å². The maximum atomic E-state index is 12.6. The Balaban J connectivity index is 2.97. The fraction of sp³-hybridized carbons (Fsp3) is 0.455. The average Bonchev–Trinajstić information content (AvgIpc) is 2.17. The molecule has 15 heavy (non-hydrogen) atoms. The third-order valence-corrected chi connectivity index (χ3v) is 2.67. The lowest BCUT2D eigenvalue weighted by atomic mass is 10.0. The molecule has 0 spiro atoms. The van der Waals surface area contributed by atoms with Crippen molar-refractivity contribution in [2.24, 2.45) is 0 Å². The third kappa shape index (κ3) is 3.42. The van der Waals surface area contributed by atoms with Gasteiger partial charge in [0, 0.05) is 5.38 Å². The van der Waals surface area contributed by atoms with E-state index < -0.39 is 11.7 Å². The molecule has 4 heteroatoms. The predicted octanol–water partition coefficient (Wildman–Crippen LogP) is 4.27. The van der Waals surface area contributed by atoms with Crippen LogP contribution in [0.15, 0.2) is 24.3 Å². The van der Waals surface area contributed by atoms with Crippen molar-refractivity contribution in [1.29, 1.82) is 0 Å². The molecule has 1 rings (SSSR count). The van der Waals surface area contributed by atoms with E-state index in [1.165, 1.54) is 12.1 Å². The van der Waals surface area contributed by atoms with Crippen molar-refractivity contribution in [2.45, 2.75) is 31.3 Å². The molecule has 0 aliphatic rings. The van der Waals surface area contributed by atoms with Gasteiger partial charge in [-0.05, 0) is 24.5 Å². The summed E-state index contributed by atoms with van der Waals surface area (Å²) in [5.74, 6) is 0. The van der Waals surface area contributed by atoms with E-state index in [9.17, 15) is 13.2 Å². The third-order valence-electron chi connectivity index (χ3n) is 2.21. The van der Waals surface area contributed by atoms with Crippen molar-refractivity contribution in [3.8, 4) is 0 Å². The molecule has 0 fully saturated rings. The molecule has 84 valence electrons. The van der Waals surface area contributed by atoms with Crippen LogP contribution >= 0.6 is 11.6 Å². The van der Waals surface area contributed by atoms with Crippen molar-refractivity contribution >= 4 is 11.6 Å². The predicted molar refractivity (Wildman–Crippen MR) is 55.1 cm³/mol. The van der Waals surface area contributed by atoms with Crippen LogP contribution in [0.25, 0.3) is 0 Å². The highest BCUT2D eigenvalue weighted by Crippen LogP contribution is 2.32. The van der Waals surface area contributed by atoms with Crippen molar-refractivity contribution in [3.63, 3.8) is 0 Å². The molecule has 0 bridgehead atoms. The highest BCUT2D eigenvalue weighted by molar-refractivity contribution is 6.20. The van der Waals surface area contributed by atoms with E-state index in [4.69, 9.17) is 11.6 Å². The Kier molecular flexibility index (Phi) is 4.03. The Hall–Kier alpha value is -0.700. The number of rotatable bonds is 3. The largest absolute Gasteiger partial charge is 0.416 e. The molecule has 0 radical (unpaired) electrons. The van der Waals surface area contributed by atoms with Gasteiger partial charge in [0.05, 0.1) is 5.56 Å². The van der Waals surface area contributed by atoms with Gasteiger partial charge in [0.25, 0.3) is 0 Å². The van der Waals surface area contributed by atoms with Gasteiger partial charge >= 0.3 is 6.18 Å². The Labute approximate surface area is 92.1 Å². The monoisotopic (exact) mass is 236 g/mol. The fourth-order valence-electron chi connectivity index (χ4n) is 1.36. The second kappa shape index (κ2) is 4.88. The minimum atomic E-state index is -4.29. The number of hydrogen-bond acceptors (Lipinski definition) is 0. The highest BCUT2D eigenvalue weighted by atomic mass is 35.5. The van der Waals surface area contributed by atoms with E-state index in [0.29, 0.717) is 6.42 Å². The van der Waals surface area contributed by atoms with Crippen LogP contribution in [0.4, 0.5) is 13.2 Å². The molecule has 0 heterocycles. The first kappa shape index (κ1) is 12.4. The van der Waals surface area contributed by atoms with Gasteiger partial charge in [-0.3, -0.25) is 0 Å². The number of benzene rings is 1. The second-order valence-electron chi connectivity index (χ2n) is 3.36. The molecule has 0 saturated carbocycles. The van der Waals surface area contributed by atoms with E-state index in [-0.39, 0.29) is 17.4 Å². The molecule has 1 aromatic rings. The first-order valence-electron chi connectivity index (χ1n) is 4.74. The molecule has 0 aromatic heterocycles. The Bertz CT molecular complexity index is 320. The molecule has 0 aliphatic heterocycles. The minimum absolute atomic E-state index is 0.242. The van der Waals surface area contributed by atoms with E-state index in [1.807, 2.05) is 6.92 Å². The standard InChI is InChI=1S/C11H12ClF3/c1-2-9(12)7-8-5-3-4-6-10(8)11(13,14)15/h3-6,9H,2,7H2,1H3. The van der Waals surface area contributed by atoms with Crippen LogP contribution in [-0.4, -0.2) is 5.38 Å². The average molecular weight is 237 g/mol.